The number of hydrogen-bond donors (Lipinski definition) is 1. The molecule has 0 bridgehead atoms. The Bertz CT molecular complexity index is 604. The van der Waals surface area contributed by atoms with E-state index in [2.05, 4.69) is 27.8 Å². The van der Waals surface area contributed by atoms with Gasteiger partial charge in [-0.3, -0.25) is 4.90 Å². The molecule has 0 saturated carbocycles. The summed E-state index contributed by atoms with van der Waals surface area (Å²) in [5, 5.41) is 10.4. The Balaban J connectivity index is 1.51. The predicted octanol–water partition coefficient (Wildman–Crippen LogP) is 1.29. The molecule has 2 heterocycles. The van der Waals surface area contributed by atoms with Crippen molar-refractivity contribution in [2.24, 2.45) is 0 Å². The van der Waals surface area contributed by atoms with Crippen molar-refractivity contribution in [3.05, 3.63) is 23.8 Å². The molecule has 7 nitrogen and oxygen atoms in total. The number of rotatable bonds is 11. The van der Waals surface area contributed by atoms with Gasteiger partial charge in [0.05, 0.1) is 20.3 Å². The molecule has 0 aliphatic carbocycles. The minimum Gasteiger partial charge on any atom is -0.497 e. The van der Waals surface area contributed by atoms with Crippen LogP contribution in [0.1, 0.15) is 18.4 Å². The zero-order chi connectivity index (χ0) is 20.5. The second-order valence-corrected chi connectivity index (χ2v) is 8.14. The molecule has 0 radical (unpaired) electrons. The summed E-state index contributed by atoms with van der Waals surface area (Å²) in [5.41, 5.74) is 1.11. The van der Waals surface area contributed by atoms with Crippen LogP contribution in [0.3, 0.4) is 0 Å². The van der Waals surface area contributed by atoms with Gasteiger partial charge < -0.3 is 29.1 Å². The minimum absolute atomic E-state index is 0.300. The molecular formula is C22H37N3O4. The van der Waals surface area contributed by atoms with Crippen molar-refractivity contribution < 1.29 is 19.3 Å². The Hall–Kier alpha value is -1.38. The molecule has 0 aromatic heterocycles. The van der Waals surface area contributed by atoms with Crippen LogP contribution in [0, 0.1) is 0 Å². The van der Waals surface area contributed by atoms with Gasteiger partial charge in [0.1, 0.15) is 24.2 Å². The molecule has 3 rings (SSSR count). The van der Waals surface area contributed by atoms with Crippen molar-refractivity contribution in [3.63, 3.8) is 0 Å². The third-order valence-corrected chi connectivity index (χ3v) is 5.72. The van der Waals surface area contributed by atoms with E-state index in [1.54, 1.807) is 7.11 Å². The lowest BCUT2D eigenvalue weighted by molar-refractivity contribution is 0.0341. The highest BCUT2D eigenvalue weighted by atomic mass is 16.5. The van der Waals surface area contributed by atoms with Gasteiger partial charge >= 0.3 is 0 Å². The number of likely N-dealkylation sites (tertiary alicyclic amines) is 1. The van der Waals surface area contributed by atoms with E-state index in [0.717, 1.165) is 76.1 Å². The molecule has 2 aliphatic heterocycles. The number of β-amino-alcohol motifs (C(OH)–C–C–N with tert-alkyl or cyclic N) is 1. The van der Waals surface area contributed by atoms with Crippen LogP contribution in [0.5, 0.6) is 11.5 Å². The highest BCUT2D eigenvalue weighted by molar-refractivity contribution is 5.40. The monoisotopic (exact) mass is 407 g/mol. The van der Waals surface area contributed by atoms with Gasteiger partial charge in [0.15, 0.2) is 0 Å². The zero-order valence-electron chi connectivity index (χ0n) is 18.0. The summed E-state index contributed by atoms with van der Waals surface area (Å²) in [5.74, 6) is 1.57. The van der Waals surface area contributed by atoms with Crippen LogP contribution in [0.25, 0.3) is 0 Å². The maximum atomic E-state index is 10.4. The number of hydrogen-bond acceptors (Lipinski definition) is 7. The molecular weight excluding hydrogens is 370 g/mol. The average Bonchev–Trinajstić information content (AvgIpc) is 3.25. The Morgan fingerprint density at radius 2 is 1.90 bits per heavy atom. The summed E-state index contributed by atoms with van der Waals surface area (Å²) in [6.07, 6.45) is 1.97. The number of nitrogens with zero attached hydrogens (tertiary/aromatic N) is 3. The Morgan fingerprint density at radius 1 is 1.14 bits per heavy atom. The lowest BCUT2D eigenvalue weighted by Gasteiger charge is -2.29. The van der Waals surface area contributed by atoms with E-state index in [0.29, 0.717) is 13.2 Å². The highest BCUT2D eigenvalue weighted by Gasteiger charge is 2.17. The number of benzene rings is 1. The van der Waals surface area contributed by atoms with Crippen molar-refractivity contribution in [1.82, 2.24) is 14.7 Å². The smallest absolute Gasteiger partial charge is 0.127 e. The van der Waals surface area contributed by atoms with E-state index in [-0.39, 0.29) is 0 Å². The van der Waals surface area contributed by atoms with Crippen LogP contribution in [0.4, 0.5) is 0 Å². The molecule has 1 unspecified atom stereocenters. The van der Waals surface area contributed by atoms with Crippen LogP contribution in [-0.2, 0) is 11.3 Å². The molecule has 1 aromatic rings. The highest BCUT2D eigenvalue weighted by Crippen LogP contribution is 2.26. The maximum Gasteiger partial charge on any atom is 0.127 e. The van der Waals surface area contributed by atoms with Crippen molar-refractivity contribution in [2.75, 3.05) is 79.8 Å². The summed E-state index contributed by atoms with van der Waals surface area (Å²) in [6.45, 7) is 9.66. The Labute approximate surface area is 175 Å². The first-order valence-corrected chi connectivity index (χ1v) is 10.8. The van der Waals surface area contributed by atoms with Crippen molar-refractivity contribution in [2.45, 2.75) is 25.5 Å². The Kier molecular flexibility index (Phi) is 9.01. The van der Waals surface area contributed by atoms with Crippen LogP contribution in [0.2, 0.25) is 0 Å². The van der Waals surface area contributed by atoms with Crippen LogP contribution in [0.15, 0.2) is 18.2 Å². The van der Waals surface area contributed by atoms with Gasteiger partial charge in [-0.2, -0.15) is 0 Å². The summed E-state index contributed by atoms with van der Waals surface area (Å²) < 4.78 is 16.8. The largest absolute Gasteiger partial charge is 0.497 e. The number of aliphatic hydroxyl groups is 1. The molecule has 164 valence electrons. The number of likely N-dealkylation sites (N-methyl/N-ethyl adjacent to an activating group) is 1. The molecule has 0 amide bonds. The molecule has 2 saturated heterocycles. The fraction of sp³-hybridized carbons (Fsp3) is 0.727. The van der Waals surface area contributed by atoms with E-state index in [4.69, 9.17) is 14.2 Å². The third kappa shape index (κ3) is 7.42. The van der Waals surface area contributed by atoms with Gasteiger partial charge in [-0.25, -0.2) is 0 Å². The van der Waals surface area contributed by atoms with Gasteiger partial charge in [-0.1, -0.05) is 6.07 Å². The molecule has 1 N–H and O–H groups in total. The van der Waals surface area contributed by atoms with Gasteiger partial charge in [0.25, 0.3) is 0 Å². The minimum atomic E-state index is -0.480. The van der Waals surface area contributed by atoms with E-state index >= 15 is 0 Å². The number of morpholine rings is 1. The standard InChI is InChI=1S/C22H37N3O4/c1-23(9-10-24-11-13-28-14-12-24)16-19-5-6-21(27-2)15-22(19)29-18-20(26)17-25-7-3-4-8-25/h5-6,15,20,26H,3-4,7-14,16-18H2,1-2H3. The van der Waals surface area contributed by atoms with E-state index < -0.39 is 6.10 Å². The SMILES string of the molecule is COc1ccc(CN(C)CCN2CCOCC2)c(OCC(O)CN2CCCC2)c1. The third-order valence-electron chi connectivity index (χ3n) is 5.72. The fourth-order valence-corrected chi connectivity index (χ4v) is 3.94. The van der Waals surface area contributed by atoms with Gasteiger partial charge in [-0.15, -0.1) is 0 Å². The summed E-state index contributed by atoms with van der Waals surface area (Å²) in [7, 11) is 3.80. The first-order chi connectivity index (χ1) is 14.1. The molecule has 7 heteroatoms. The van der Waals surface area contributed by atoms with Crippen molar-refractivity contribution in [3.8, 4) is 11.5 Å². The number of methoxy groups -OCH3 is 1. The number of aliphatic hydroxyl groups excluding tert-OH is 1. The Morgan fingerprint density at radius 3 is 2.62 bits per heavy atom. The van der Waals surface area contributed by atoms with Crippen LogP contribution in [-0.4, -0.2) is 106 Å². The lowest BCUT2D eigenvalue weighted by Crippen LogP contribution is -2.40. The molecule has 0 spiro atoms. The summed E-state index contributed by atoms with van der Waals surface area (Å²) in [4.78, 5) is 7.06. The van der Waals surface area contributed by atoms with Gasteiger partial charge in [0.2, 0.25) is 0 Å². The van der Waals surface area contributed by atoms with Crippen molar-refractivity contribution >= 4 is 0 Å². The van der Waals surface area contributed by atoms with E-state index in [9.17, 15) is 5.11 Å². The number of ether oxygens (including phenoxy) is 3. The second-order valence-electron chi connectivity index (χ2n) is 8.14. The van der Waals surface area contributed by atoms with Crippen LogP contribution < -0.4 is 9.47 Å². The molecule has 1 aromatic carbocycles. The summed E-state index contributed by atoms with van der Waals surface area (Å²) in [6, 6.07) is 5.96. The molecule has 2 aliphatic rings. The fourth-order valence-electron chi connectivity index (χ4n) is 3.94. The molecule has 29 heavy (non-hydrogen) atoms. The second kappa shape index (κ2) is 11.7. The first-order valence-electron chi connectivity index (χ1n) is 10.8. The van der Waals surface area contributed by atoms with Crippen molar-refractivity contribution in [1.29, 1.82) is 0 Å². The topological polar surface area (TPSA) is 57.6 Å². The quantitative estimate of drug-likeness (QED) is 0.593. The predicted molar refractivity (Wildman–Crippen MR) is 114 cm³/mol. The first kappa shape index (κ1) is 22.3. The van der Waals surface area contributed by atoms with Gasteiger partial charge in [0, 0.05) is 50.9 Å². The van der Waals surface area contributed by atoms with Gasteiger partial charge in [-0.05, 0) is 39.0 Å². The zero-order valence-corrected chi connectivity index (χ0v) is 18.0. The van der Waals surface area contributed by atoms with E-state index in [1.807, 2.05) is 12.1 Å². The van der Waals surface area contributed by atoms with E-state index in [1.165, 1.54) is 12.8 Å². The molecule has 1 atom stereocenters. The average molecular weight is 408 g/mol. The molecule has 2 fully saturated rings. The lowest BCUT2D eigenvalue weighted by atomic mass is 10.1. The summed E-state index contributed by atoms with van der Waals surface area (Å²) >= 11 is 0. The maximum absolute atomic E-state index is 10.4. The normalized spacial score (nSPS) is 19.6. The van der Waals surface area contributed by atoms with Crippen LogP contribution >= 0.6 is 0 Å².